The molecule has 2 rings (SSSR count). The van der Waals surface area contributed by atoms with E-state index in [2.05, 4.69) is 10.6 Å². The van der Waals surface area contributed by atoms with Crippen LogP contribution in [0.25, 0.3) is 0 Å². The third-order valence-electron chi connectivity index (χ3n) is 3.95. The van der Waals surface area contributed by atoms with Crippen LogP contribution in [0.3, 0.4) is 0 Å². The molecule has 0 radical (unpaired) electrons. The van der Waals surface area contributed by atoms with Gasteiger partial charge in [0.2, 0.25) is 5.91 Å². The molecule has 1 saturated carbocycles. The number of carbonyl (C=O) groups excluding carboxylic acids is 1. The Kier molecular flexibility index (Phi) is 6.23. The lowest BCUT2D eigenvalue weighted by atomic mass is 9.83. The van der Waals surface area contributed by atoms with Crippen LogP contribution in [0.4, 0.5) is 0 Å². The number of halogens is 1. The molecule has 2 aliphatic rings. The molecule has 5 heteroatoms. The Labute approximate surface area is 109 Å². The van der Waals surface area contributed by atoms with E-state index in [0.29, 0.717) is 12.5 Å². The summed E-state index contributed by atoms with van der Waals surface area (Å²) >= 11 is 0. The molecule has 1 saturated heterocycles. The molecule has 1 heterocycles. The van der Waals surface area contributed by atoms with E-state index in [1.165, 1.54) is 32.1 Å². The number of hydrogen-bond donors (Lipinski definition) is 3. The van der Waals surface area contributed by atoms with Crippen LogP contribution in [-0.2, 0) is 4.79 Å². The highest BCUT2D eigenvalue weighted by atomic mass is 35.5. The molecule has 17 heavy (non-hydrogen) atoms. The van der Waals surface area contributed by atoms with Crippen molar-refractivity contribution in [2.75, 3.05) is 19.6 Å². The maximum absolute atomic E-state index is 11.8. The van der Waals surface area contributed by atoms with Crippen molar-refractivity contribution in [3.8, 4) is 0 Å². The van der Waals surface area contributed by atoms with E-state index >= 15 is 0 Å². The lowest BCUT2D eigenvalue weighted by Crippen LogP contribution is -2.55. The molecule has 4 N–H and O–H groups in total. The lowest BCUT2D eigenvalue weighted by Gasteiger charge is -2.33. The summed E-state index contributed by atoms with van der Waals surface area (Å²) in [5, 5.41) is 6.26. The molecule has 0 aromatic heterocycles. The van der Waals surface area contributed by atoms with Gasteiger partial charge in [0.05, 0.1) is 5.92 Å². The third kappa shape index (κ3) is 3.83. The Morgan fingerprint density at radius 1 is 1.29 bits per heavy atom. The molecule has 1 unspecified atom stereocenters. The average molecular weight is 262 g/mol. The SMILES string of the molecule is Cl.NCC(NC(=O)C1CNC1)C1CCCCC1. The quantitative estimate of drug-likeness (QED) is 0.696. The van der Waals surface area contributed by atoms with Crippen molar-refractivity contribution >= 4 is 18.3 Å². The first-order valence-corrected chi connectivity index (χ1v) is 6.52. The monoisotopic (exact) mass is 261 g/mol. The largest absolute Gasteiger partial charge is 0.351 e. The van der Waals surface area contributed by atoms with Gasteiger partial charge >= 0.3 is 0 Å². The van der Waals surface area contributed by atoms with E-state index in [4.69, 9.17) is 5.73 Å². The minimum absolute atomic E-state index is 0. The van der Waals surface area contributed by atoms with E-state index < -0.39 is 0 Å². The molecular formula is C12H24ClN3O. The fraction of sp³-hybridized carbons (Fsp3) is 0.917. The first kappa shape index (κ1) is 14.7. The zero-order valence-electron chi connectivity index (χ0n) is 10.3. The highest BCUT2D eigenvalue weighted by Crippen LogP contribution is 2.26. The van der Waals surface area contributed by atoms with Crippen molar-refractivity contribution in [2.24, 2.45) is 17.6 Å². The Balaban J connectivity index is 0.00000144. The predicted octanol–water partition coefficient (Wildman–Crippen LogP) is 0.651. The lowest BCUT2D eigenvalue weighted by molar-refractivity contribution is -0.127. The zero-order valence-corrected chi connectivity index (χ0v) is 11.1. The van der Waals surface area contributed by atoms with Gasteiger partial charge in [0.15, 0.2) is 0 Å². The van der Waals surface area contributed by atoms with E-state index in [-0.39, 0.29) is 30.3 Å². The van der Waals surface area contributed by atoms with Crippen LogP contribution in [0.2, 0.25) is 0 Å². The second-order valence-electron chi connectivity index (χ2n) is 5.10. The number of hydrogen-bond acceptors (Lipinski definition) is 3. The van der Waals surface area contributed by atoms with Crippen molar-refractivity contribution in [1.82, 2.24) is 10.6 Å². The topological polar surface area (TPSA) is 67.1 Å². The van der Waals surface area contributed by atoms with Crippen LogP contribution in [0.1, 0.15) is 32.1 Å². The van der Waals surface area contributed by atoms with Crippen molar-refractivity contribution in [1.29, 1.82) is 0 Å². The number of nitrogens with two attached hydrogens (primary N) is 1. The molecule has 1 atom stereocenters. The van der Waals surface area contributed by atoms with E-state index in [1.54, 1.807) is 0 Å². The van der Waals surface area contributed by atoms with Gasteiger partial charge in [0.25, 0.3) is 0 Å². The van der Waals surface area contributed by atoms with Crippen LogP contribution >= 0.6 is 12.4 Å². The minimum atomic E-state index is 0. The maximum Gasteiger partial charge on any atom is 0.225 e. The van der Waals surface area contributed by atoms with Crippen molar-refractivity contribution in [3.63, 3.8) is 0 Å². The number of amides is 1. The van der Waals surface area contributed by atoms with Gasteiger partial charge in [-0.25, -0.2) is 0 Å². The molecule has 100 valence electrons. The van der Waals surface area contributed by atoms with Gasteiger partial charge in [-0.15, -0.1) is 12.4 Å². The Morgan fingerprint density at radius 3 is 2.41 bits per heavy atom. The second kappa shape index (κ2) is 7.19. The first-order valence-electron chi connectivity index (χ1n) is 6.52. The van der Waals surface area contributed by atoms with Gasteiger partial charge in [-0.1, -0.05) is 19.3 Å². The summed E-state index contributed by atoms with van der Waals surface area (Å²) in [5.74, 6) is 0.980. The summed E-state index contributed by atoms with van der Waals surface area (Å²) in [6.07, 6.45) is 6.38. The molecule has 0 bridgehead atoms. The van der Waals surface area contributed by atoms with E-state index in [9.17, 15) is 4.79 Å². The Morgan fingerprint density at radius 2 is 1.94 bits per heavy atom. The predicted molar refractivity (Wildman–Crippen MR) is 71.2 cm³/mol. The number of nitrogens with one attached hydrogen (secondary N) is 2. The molecule has 1 aliphatic carbocycles. The van der Waals surface area contributed by atoms with E-state index in [0.717, 1.165) is 13.1 Å². The Hall–Kier alpha value is -0.320. The molecule has 1 aliphatic heterocycles. The normalized spacial score (nSPS) is 23.4. The first-order chi connectivity index (χ1) is 7.81. The molecule has 0 aromatic rings. The number of carbonyl (C=O) groups is 1. The standard InChI is InChI=1S/C12H23N3O.ClH/c13-6-11(9-4-2-1-3-5-9)15-12(16)10-7-14-8-10;/h9-11,14H,1-8,13H2,(H,15,16);1H. The smallest absolute Gasteiger partial charge is 0.225 e. The molecule has 4 nitrogen and oxygen atoms in total. The van der Waals surface area contributed by atoms with Crippen LogP contribution < -0.4 is 16.4 Å². The van der Waals surface area contributed by atoms with E-state index in [1.807, 2.05) is 0 Å². The summed E-state index contributed by atoms with van der Waals surface area (Å²) in [6.45, 7) is 2.23. The van der Waals surface area contributed by atoms with Crippen LogP contribution in [0.15, 0.2) is 0 Å². The fourth-order valence-corrected chi connectivity index (χ4v) is 2.68. The van der Waals surface area contributed by atoms with Gasteiger partial charge in [0.1, 0.15) is 0 Å². The van der Waals surface area contributed by atoms with Gasteiger partial charge in [0, 0.05) is 25.7 Å². The summed E-state index contributed by atoms with van der Waals surface area (Å²) in [7, 11) is 0. The number of rotatable bonds is 4. The summed E-state index contributed by atoms with van der Waals surface area (Å²) in [4.78, 5) is 11.8. The molecule has 1 amide bonds. The van der Waals surface area contributed by atoms with Gasteiger partial charge in [-0.05, 0) is 18.8 Å². The minimum Gasteiger partial charge on any atom is -0.351 e. The molecular weight excluding hydrogens is 238 g/mol. The fourth-order valence-electron chi connectivity index (χ4n) is 2.68. The van der Waals surface area contributed by atoms with Crippen molar-refractivity contribution in [2.45, 2.75) is 38.1 Å². The van der Waals surface area contributed by atoms with Crippen LogP contribution in [0, 0.1) is 11.8 Å². The molecule has 2 fully saturated rings. The zero-order chi connectivity index (χ0) is 11.4. The second-order valence-corrected chi connectivity index (χ2v) is 5.10. The summed E-state index contributed by atoms with van der Waals surface area (Å²) in [6, 6.07) is 0.202. The maximum atomic E-state index is 11.8. The summed E-state index contributed by atoms with van der Waals surface area (Å²) < 4.78 is 0. The highest BCUT2D eigenvalue weighted by Gasteiger charge is 2.29. The van der Waals surface area contributed by atoms with Crippen molar-refractivity contribution in [3.05, 3.63) is 0 Å². The highest BCUT2D eigenvalue weighted by molar-refractivity contribution is 5.85. The Bertz CT molecular complexity index is 240. The summed E-state index contributed by atoms with van der Waals surface area (Å²) in [5.41, 5.74) is 5.78. The van der Waals surface area contributed by atoms with Crippen LogP contribution in [-0.4, -0.2) is 31.6 Å². The van der Waals surface area contributed by atoms with Crippen molar-refractivity contribution < 1.29 is 4.79 Å². The van der Waals surface area contributed by atoms with Crippen LogP contribution in [0.5, 0.6) is 0 Å². The van der Waals surface area contributed by atoms with Gasteiger partial charge in [-0.2, -0.15) is 0 Å². The average Bonchev–Trinajstić information content (AvgIpc) is 2.24. The third-order valence-corrected chi connectivity index (χ3v) is 3.95. The van der Waals surface area contributed by atoms with Gasteiger partial charge in [-0.3, -0.25) is 4.79 Å². The molecule has 0 aromatic carbocycles. The van der Waals surface area contributed by atoms with Gasteiger partial charge < -0.3 is 16.4 Å². The molecule has 0 spiro atoms.